The molecule has 1 fully saturated rings. The van der Waals surface area contributed by atoms with Crippen LogP contribution in [0.25, 0.3) is 0 Å². The number of nitrogens with zero attached hydrogens (tertiary/aromatic N) is 1. The van der Waals surface area contributed by atoms with Gasteiger partial charge in [0.15, 0.2) is 0 Å². The van der Waals surface area contributed by atoms with Gasteiger partial charge in [0, 0.05) is 26.2 Å². The van der Waals surface area contributed by atoms with Crippen molar-refractivity contribution in [2.45, 2.75) is 58.8 Å². The summed E-state index contributed by atoms with van der Waals surface area (Å²) in [6, 6.07) is 0.435. The minimum Gasteiger partial charge on any atom is -0.444 e. The first-order chi connectivity index (χ1) is 9.19. The van der Waals surface area contributed by atoms with E-state index in [1.54, 1.807) is 11.9 Å². The van der Waals surface area contributed by atoms with Crippen LogP contribution in [0.15, 0.2) is 0 Å². The highest BCUT2D eigenvalue weighted by atomic mass is 16.6. The van der Waals surface area contributed by atoms with E-state index < -0.39 is 5.60 Å². The number of carbonyl (C=O) groups excluding carboxylic acids is 1. The molecule has 0 radical (unpaired) electrons. The standard InChI is InChI=1S/C15H30N2O3/c1-11(9-16-13-7-8-19-12(13)2)10-17(6)14(18)20-15(3,4)5/h11-13,16H,7-10H2,1-6H3. The molecule has 118 valence electrons. The summed E-state index contributed by atoms with van der Waals surface area (Å²) in [7, 11) is 1.78. The van der Waals surface area contributed by atoms with Crippen molar-refractivity contribution in [1.29, 1.82) is 0 Å². The van der Waals surface area contributed by atoms with Gasteiger partial charge < -0.3 is 19.7 Å². The van der Waals surface area contributed by atoms with E-state index in [0.29, 0.717) is 18.5 Å². The molecule has 20 heavy (non-hydrogen) atoms. The van der Waals surface area contributed by atoms with Crippen LogP contribution in [0.2, 0.25) is 0 Å². The van der Waals surface area contributed by atoms with Crippen LogP contribution in [0, 0.1) is 5.92 Å². The molecular formula is C15H30N2O3. The van der Waals surface area contributed by atoms with E-state index >= 15 is 0 Å². The van der Waals surface area contributed by atoms with Crippen molar-refractivity contribution in [2.75, 3.05) is 26.7 Å². The van der Waals surface area contributed by atoms with E-state index in [-0.39, 0.29) is 12.2 Å². The lowest BCUT2D eigenvalue weighted by Crippen LogP contribution is -2.41. The number of hydrogen-bond acceptors (Lipinski definition) is 4. The SMILES string of the molecule is CC(CNC1CCOC1C)CN(C)C(=O)OC(C)(C)C. The van der Waals surface area contributed by atoms with Crippen molar-refractivity contribution in [3.63, 3.8) is 0 Å². The fraction of sp³-hybridized carbons (Fsp3) is 0.933. The smallest absolute Gasteiger partial charge is 0.410 e. The zero-order valence-electron chi connectivity index (χ0n) is 13.7. The maximum Gasteiger partial charge on any atom is 0.410 e. The average molecular weight is 286 g/mol. The molecule has 0 bridgehead atoms. The molecule has 0 saturated carbocycles. The third-order valence-electron chi connectivity index (χ3n) is 3.40. The molecule has 5 heteroatoms. The maximum atomic E-state index is 11.9. The summed E-state index contributed by atoms with van der Waals surface area (Å²) in [5.74, 6) is 0.375. The molecule has 3 atom stereocenters. The third-order valence-corrected chi connectivity index (χ3v) is 3.40. The monoisotopic (exact) mass is 286 g/mol. The molecule has 5 nitrogen and oxygen atoms in total. The first kappa shape index (κ1) is 17.2. The topological polar surface area (TPSA) is 50.8 Å². The van der Waals surface area contributed by atoms with Crippen molar-refractivity contribution in [3.8, 4) is 0 Å². The van der Waals surface area contributed by atoms with Crippen molar-refractivity contribution >= 4 is 6.09 Å². The molecule has 1 aliphatic rings. The summed E-state index contributed by atoms with van der Waals surface area (Å²) in [4.78, 5) is 13.5. The van der Waals surface area contributed by atoms with E-state index in [2.05, 4.69) is 19.2 Å². The third kappa shape index (κ3) is 6.09. The van der Waals surface area contributed by atoms with E-state index in [4.69, 9.17) is 9.47 Å². The zero-order chi connectivity index (χ0) is 15.3. The molecular weight excluding hydrogens is 256 g/mol. The first-order valence-electron chi connectivity index (χ1n) is 7.48. The Morgan fingerprint density at radius 1 is 1.50 bits per heavy atom. The van der Waals surface area contributed by atoms with Gasteiger partial charge in [-0.3, -0.25) is 0 Å². The van der Waals surface area contributed by atoms with Crippen LogP contribution in [-0.4, -0.2) is 55.5 Å². The summed E-state index contributed by atoms with van der Waals surface area (Å²) < 4.78 is 10.9. The van der Waals surface area contributed by atoms with Gasteiger partial charge in [-0.2, -0.15) is 0 Å². The van der Waals surface area contributed by atoms with Crippen LogP contribution in [-0.2, 0) is 9.47 Å². The lowest BCUT2D eigenvalue weighted by Gasteiger charge is -2.27. The Labute approximate surface area is 123 Å². The fourth-order valence-electron chi connectivity index (χ4n) is 2.30. The zero-order valence-corrected chi connectivity index (χ0v) is 13.7. The molecule has 1 heterocycles. The predicted octanol–water partition coefficient (Wildman–Crippen LogP) is 2.26. The van der Waals surface area contributed by atoms with Crippen molar-refractivity contribution in [3.05, 3.63) is 0 Å². The first-order valence-corrected chi connectivity index (χ1v) is 7.48. The van der Waals surface area contributed by atoms with Crippen LogP contribution < -0.4 is 5.32 Å². The molecule has 0 aromatic rings. The van der Waals surface area contributed by atoms with Gasteiger partial charge >= 0.3 is 6.09 Å². The molecule has 0 aromatic carbocycles. The van der Waals surface area contributed by atoms with Crippen LogP contribution >= 0.6 is 0 Å². The van der Waals surface area contributed by atoms with Gasteiger partial charge in [-0.15, -0.1) is 0 Å². The Hall–Kier alpha value is -0.810. The fourth-order valence-corrected chi connectivity index (χ4v) is 2.30. The highest BCUT2D eigenvalue weighted by molar-refractivity contribution is 5.67. The van der Waals surface area contributed by atoms with Gasteiger partial charge in [-0.05, 0) is 46.6 Å². The Bertz CT molecular complexity index is 315. The van der Waals surface area contributed by atoms with Crippen LogP contribution in [0.3, 0.4) is 0 Å². The van der Waals surface area contributed by atoms with E-state index in [9.17, 15) is 4.79 Å². The summed E-state index contributed by atoms with van der Waals surface area (Å²) in [6.45, 7) is 12.3. The molecule has 3 unspecified atom stereocenters. The number of amides is 1. The van der Waals surface area contributed by atoms with Crippen LogP contribution in [0.1, 0.15) is 41.0 Å². The van der Waals surface area contributed by atoms with Gasteiger partial charge in [-0.1, -0.05) is 6.92 Å². The second-order valence-electron chi connectivity index (χ2n) is 6.85. The predicted molar refractivity (Wildman–Crippen MR) is 79.8 cm³/mol. The number of rotatable bonds is 5. The Morgan fingerprint density at radius 2 is 2.15 bits per heavy atom. The number of nitrogens with one attached hydrogen (secondary N) is 1. The Kier molecular flexibility index (Phi) is 6.27. The Balaban J connectivity index is 2.27. The molecule has 1 N–H and O–H groups in total. The normalized spacial score (nSPS) is 24.5. The summed E-state index contributed by atoms with van der Waals surface area (Å²) in [5.41, 5.74) is -0.441. The molecule has 1 saturated heterocycles. The highest BCUT2D eigenvalue weighted by Crippen LogP contribution is 2.13. The summed E-state index contributed by atoms with van der Waals surface area (Å²) in [5, 5.41) is 3.52. The maximum absolute atomic E-state index is 11.9. The van der Waals surface area contributed by atoms with Crippen LogP contribution in [0.5, 0.6) is 0 Å². The largest absolute Gasteiger partial charge is 0.444 e. The Morgan fingerprint density at radius 3 is 2.65 bits per heavy atom. The van der Waals surface area contributed by atoms with Gasteiger partial charge in [0.25, 0.3) is 0 Å². The lowest BCUT2D eigenvalue weighted by atomic mass is 10.1. The molecule has 1 amide bonds. The van der Waals surface area contributed by atoms with Crippen molar-refractivity contribution < 1.29 is 14.3 Å². The number of hydrogen-bond donors (Lipinski definition) is 1. The van der Waals surface area contributed by atoms with Crippen molar-refractivity contribution in [2.24, 2.45) is 5.92 Å². The molecule has 0 aliphatic carbocycles. The number of carbonyl (C=O) groups is 1. The summed E-state index contributed by atoms with van der Waals surface area (Å²) >= 11 is 0. The molecule has 0 spiro atoms. The quantitative estimate of drug-likeness (QED) is 0.842. The minimum atomic E-state index is -0.441. The minimum absolute atomic E-state index is 0.262. The second kappa shape index (κ2) is 7.27. The summed E-state index contributed by atoms with van der Waals surface area (Å²) in [6.07, 6.45) is 1.09. The molecule has 1 rings (SSSR count). The average Bonchev–Trinajstić information content (AvgIpc) is 2.70. The number of ether oxygens (including phenoxy) is 2. The van der Waals surface area contributed by atoms with Gasteiger partial charge in [0.2, 0.25) is 0 Å². The second-order valence-corrected chi connectivity index (χ2v) is 6.85. The van der Waals surface area contributed by atoms with Crippen molar-refractivity contribution in [1.82, 2.24) is 10.2 Å². The molecule has 0 aromatic heterocycles. The van der Waals surface area contributed by atoms with E-state index in [1.807, 2.05) is 20.8 Å². The van der Waals surface area contributed by atoms with Crippen LogP contribution in [0.4, 0.5) is 4.79 Å². The van der Waals surface area contributed by atoms with E-state index in [1.165, 1.54) is 0 Å². The van der Waals surface area contributed by atoms with Gasteiger partial charge in [0.05, 0.1) is 6.10 Å². The molecule has 1 aliphatic heterocycles. The van der Waals surface area contributed by atoms with Gasteiger partial charge in [-0.25, -0.2) is 4.79 Å². The van der Waals surface area contributed by atoms with Gasteiger partial charge in [0.1, 0.15) is 5.60 Å². The lowest BCUT2D eigenvalue weighted by molar-refractivity contribution is 0.0275. The van der Waals surface area contributed by atoms with E-state index in [0.717, 1.165) is 19.6 Å². The highest BCUT2D eigenvalue weighted by Gasteiger charge is 2.25.